The first-order valence-electron chi connectivity index (χ1n) is 11.5. The topological polar surface area (TPSA) is 93.8 Å². The molecule has 0 saturated carbocycles. The van der Waals surface area contributed by atoms with Crippen molar-refractivity contribution >= 4 is 57.2 Å². The van der Waals surface area contributed by atoms with Crippen molar-refractivity contribution in [3.8, 4) is 0 Å². The van der Waals surface area contributed by atoms with E-state index in [1.54, 1.807) is 39.9 Å². The van der Waals surface area contributed by atoms with Gasteiger partial charge in [-0.05, 0) is 48.4 Å². The molecule has 2 aliphatic heterocycles. The van der Waals surface area contributed by atoms with E-state index in [4.69, 9.17) is 0 Å². The minimum absolute atomic E-state index is 0.290. The Hall–Kier alpha value is -3.76. The van der Waals surface area contributed by atoms with Crippen LogP contribution in [0.25, 0.3) is 10.9 Å². The van der Waals surface area contributed by atoms with Gasteiger partial charge in [0, 0.05) is 23.0 Å². The Bertz CT molecular complexity index is 1470. The minimum atomic E-state index is -0.845. The number of nitrogens with one attached hydrogen (secondary N) is 1. The zero-order valence-corrected chi connectivity index (χ0v) is 21.2. The number of amides is 4. The van der Waals surface area contributed by atoms with Gasteiger partial charge in [-0.15, -0.1) is 22.7 Å². The number of benzene rings is 1. The van der Waals surface area contributed by atoms with Crippen molar-refractivity contribution in [2.45, 2.75) is 31.8 Å². The predicted octanol–water partition coefficient (Wildman–Crippen LogP) is 4.02. The number of aromatic amines is 1. The van der Waals surface area contributed by atoms with Gasteiger partial charge in [0.1, 0.15) is 12.6 Å². The smallest absolute Gasteiger partial charge is 0.290 e. The van der Waals surface area contributed by atoms with Crippen LogP contribution in [0, 0.1) is 0 Å². The standard InChI is InChI=1S/C26H22N4O4S2/c1-26(2)22-16(15-7-3-4-8-17(15)27-22)13-18-23(32)28(14-21(31)29(18)26)30(24(33)19-9-5-11-35-19)25(34)20-10-6-12-36-20/h3-12,18,27H,13-14H2,1-2H3. The maximum Gasteiger partial charge on any atom is 0.290 e. The number of carbonyl (C=O) groups excluding carboxylic acids is 4. The van der Waals surface area contributed by atoms with Crippen LogP contribution >= 0.6 is 22.7 Å². The van der Waals surface area contributed by atoms with Crippen molar-refractivity contribution in [2.75, 3.05) is 6.54 Å². The maximum absolute atomic E-state index is 14.0. The third-order valence-corrected chi connectivity index (χ3v) is 8.64. The Morgan fingerprint density at radius 2 is 1.61 bits per heavy atom. The van der Waals surface area contributed by atoms with E-state index >= 15 is 0 Å². The van der Waals surface area contributed by atoms with Crippen molar-refractivity contribution < 1.29 is 19.2 Å². The fourth-order valence-corrected chi connectivity index (χ4v) is 6.65. The minimum Gasteiger partial charge on any atom is -0.356 e. The first-order chi connectivity index (χ1) is 17.3. The number of thiophene rings is 2. The summed E-state index contributed by atoms with van der Waals surface area (Å²) < 4.78 is 0. The van der Waals surface area contributed by atoms with Gasteiger partial charge in [0.25, 0.3) is 17.7 Å². The van der Waals surface area contributed by atoms with E-state index in [-0.39, 0.29) is 12.3 Å². The number of aromatic nitrogens is 1. The second-order valence-electron chi connectivity index (χ2n) is 9.34. The van der Waals surface area contributed by atoms with Crippen LogP contribution in [0.3, 0.4) is 0 Å². The number of para-hydroxylation sites is 1. The summed E-state index contributed by atoms with van der Waals surface area (Å²) in [4.78, 5) is 60.3. The van der Waals surface area contributed by atoms with Gasteiger partial charge in [-0.1, -0.05) is 30.3 Å². The summed E-state index contributed by atoms with van der Waals surface area (Å²) in [6.07, 6.45) is 0.290. The van der Waals surface area contributed by atoms with E-state index in [1.165, 1.54) is 22.7 Å². The fraction of sp³-hybridized carbons (Fsp3) is 0.231. The van der Waals surface area contributed by atoms with Gasteiger partial charge in [-0.2, -0.15) is 5.01 Å². The van der Waals surface area contributed by atoms with Crippen molar-refractivity contribution in [3.63, 3.8) is 0 Å². The summed E-state index contributed by atoms with van der Waals surface area (Å²) in [5.74, 6) is -2.02. The third-order valence-electron chi connectivity index (χ3n) is 6.92. The number of hydrogen-bond donors (Lipinski definition) is 1. The van der Waals surface area contributed by atoms with E-state index in [2.05, 4.69) is 4.98 Å². The lowest BCUT2D eigenvalue weighted by Crippen LogP contribution is -2.70. The number of carbonyl (C=O) groups is 4. The van der Waals surface area contributed by atoms with Gasteiger partial charge >= 0.3 is 0 Å². The molecule has 5 heterocycles. The van der Waals surface area contributed by atoms with E-state index in [1.807, 2.05) is 38.1 Å². The van der Waals surface area contributed by atoms with Gasteiger partial charge in [-0.25, -0.2) is 5.01 Å². The molecule has 0 spiro atoms. The molecular formula is C26H22N4O4S2. The highest BCUT2D eigenvalue weighted by atomic mass is 32.1. The zero-order valence-electron chi connectivity index (χ0n) is 19.6. The average Bonchev–Trinajstić information content (AvgIpc) is 3.63. The molecule has 8 nitrogen and oxygen atoms in total. The number of H-pyrrole nitrogens is 1. The molecule has 4 amide bonds. The number of rotatable bonds is 3. The van der Waals surface area contributed by atoms with Crippen LogP contribution < -0.4 is 0 Å². The summed E-state index contributed by atoms with van der Waals surface area (Å²) in [7, 11) is 0. The van der Waals surface area contributed by atoms with Gasteiger partial charge in [0.05, 0.1) is 15.3 Å². The fourth-order valence-electron chi connectivity index (χ4n) is 5.36. The number of hydrogen-bond acceptors (Lipinski definition) is 6. The van der Waals surface area contributed by atoms with E-state index in [0.717, 1.165) is 32.2 Å². The Labute approximate surface area is 214 Å². The molecule has 0 aliphatic carbocycles. The molecule has 3 aromatic heterocycles. The summed E-state index contributed by atoms with van der Waals surface area (Å²) >= 11 is 2.36. The Balaban J connectivity index is 1.44. The number of nitrogens with zero attached hydrogens (tertiary/aromatic N) is 3. The van der Waals surface area contributed by atoms with E-state index in [0.29, 0.717) is 9.75 Å². The highest BCUT2D eigenvalue weighted by Gasteiger charge is 2.53. The molecule has 1 N–H and O–H groups in total. The molecule has 1 fully saturated rings. The summed E-state index contributed by atoms with van der Waals surface area (Å²) in [6, 6.07) is 13.6. The highest BCUT2D eigenvalue weighted by Crippen LogP contribution is 2.43. The lowest BCUT2D eigenvalue weighted by atomic mass is 9.82. The second kappa shape index (κ2) is 8.14. The van der Waals surface area contributed by atoms with Crippen molar-refractivity contribution in [1.29, 1.82) is 0 Å². The third kappa shape index (κ3) is 3.25. The van der Waals surface area contributed by atoms with Crippen LogP contribution in [-0.2, 0) is 21.5 Å². The molecule has 2 aliphatic rings. The SMILES string of the molecule is CC1(C)c2[nH]c3ccccc3c2CC2C(=O)N(N(C(=O)c3cccs3)C(=O)c3cccs3)CC(=O)N21. The summed E-state index contributed by atoms with van der Waals surface area (Å²) in [6.45, 7) is 3.43. The van der Waals surface area contributed by atoms with Crippen molar-refractivity contribution in [1.82, 2.24) is 19.9 Å². The first-order valence-corrected chi connectivity index (χ1v) is 13.2. The normalized spacial score (nSPS) is 18.8. The molecule has 6 rings (SSSR count). The predicted molar refractivity (Wildman–Crippen MR) is 137 cm³/mol. The lowest BCUT2D eigenvalue weighted by molar-refractivity contribution is -0.173. The van der Waals surface area contributed by atoms with Crippen LogP contribution in [0.15, 0.2) is 59.3 Å². The molecule has 36 heavy (non-hydrogen) atoms. The quantitative estimate of drug-likeness (QED) is 0.415. The summed E-state index contributed by atoms with van der Waals surface area (Å²) in [5.41, 5.74) is 2.03. The van der Waals surface area contributed by atoms with Gasteiger partial charge < -0.3 is 9.88 Å². The van der Waals surface area contributed by atoms with Crippen molar-refractivity contribution in [2.24, 2.45) is 0 Å². The molecular weight excluding hydrogens is 496 g/mol. The van der Waals surface area contributed by atoms with E-state index < -0.39 is 35.8 Å². The molecule has 0 radical (unpaired) electrons. The number of fused-ring (bicyclic) bond motifs is 4. The Morgan fingerprint density at radius 1 is 0.972 bits per heavy atom. The molecule has 1 aromatic carbocycles. The molecule has 1 unspecified atom stereocenters. The largest absolute Gasteiger partial charge is 0.356 e. The Kier molecular flexibility index (Phi) is 5.13. The van der Waals surface area contributed by atoms with Crippen LogP contribution in [0.4, 0.5) is 0 Å². The van der Waals surface area contributed by atoms with Crippen molar-refractivity contribution in [3.05, 3.63) is 80.3 Å². The summed E-state index contributed by atoms with van der Waals surface area (Å²) in [5, 5.41) is 6.36. The Morgan fingerprint density at radius 3 is 2.22 bits per heavy atom. The molecule has 0 bridgehead atoms. The van der Waals surface area contributed by atoms with Crippen LogP contribution in [-0.4, -0.2) is 56.1 Å². The van der Waals surface area contributed by atoms with Gasteiger partial charge in [-0.3, -0.25) is 19.2 Å². The molecule has 182 valence electrons. The monoisotopic (exact) mass is 518 g/mol. The highest BCUT2D eigenvalue weighted by molar-refractivity contribution is 7.12. The van der Waals surface area contributed by atoms with Crippen LogP contribution in [0.5, 0.6) is 0 Å². The molecule has 10 heteroatoms. The number of piperazine rings is 1. The maximum atomic E-state index is 14.0. The first kappa shape index (κ1) is 22.7. The molecule has 1 atom stereocenters. The number of imide groups is 1. The van der Waals surface area contributed by atoms with Crippen LogP contribution in [0.1, 0.15) is 44.4 Å². The van der Waals surface area contributed by atoms with Gasteiger partial charge in [0.15, 0.2) is 0 Å². The second-order valence-corrected chi connectivity index (χ2v) is 11.2. The average molecular weight is 519 g/mol. The van der Waals surface area contributed by atoms with E-state index in [9.17, 15) is 19.2 Å². The lowest BCUT2D eigenvalue weighted by Gasteiger charge is -2.52. The number of hydrazine groups is 1. The molecule has 1 saturated heterocycles. The zero-order chi connectivity index (χ0) is 25.2. The van der Waals surface area contributed by atoms with Gasteiger partial charge in [0.2, 0.25) is 5.91 Å². The molecule has 4 aromatic rings. The van der Waals surface area contributed by atoms with Crippen LogP contribution in [0.2, 0.25) is 0 Å².